The molecule has 2 aromatic heterocycles. The van der Waals surface area contributed by atoms with Gasteiger partial charge in [0.15, 0.2) is 11.0 Å². The molecule has 3 aromatic rings. The van der Waals surface area contributed by atoms with E-state index in [1.165, 1.54) is 48.2 Å². The number of hydrogen-bond acceptors (Lipinski definition) is 8. The van der Waals surface area contributed by atoms with Crippen molar-refractivity contribution < 1.29 is 13.2 Å². The average Bonchev–Trinajstić information content (AvgIpc) is 2.85. The number of nitriles is 1. The number of rotatable bonds is 8. The van der Waals surface area contributed by atoms with E-state index in [0.29, 0.717) is 27.9 Å². The minimum Gasteiger partial charge on any atom is -0.326 e. The van der Waals surface area contributed by atoms with Crippen LogP contribution in [0.2, 0.25) is 5.15 Å². The standard InChI is InChI=1S/C24H23ClN6O3S2/c1-15-2-7-20-16(12-15)13-17(14-26)24(28-20)35-11-10-23(32)27-18-3-5-19(6-4-18)36(33,34)31-22-9-8-21(25)29-30-22/h3-6,8-9,13,15H,2,7,10-12H2,1H3,(H,27,32)(H,30,31). The van der Waals surface area contributed by atoms with E-state index < -0.39 is 10.0 Å². The number of pyridine rings is 1. The van der Waals surface area contributed by atoms with Crippen molar-refractivity contribution in [3.8, 4) is 6.07 Å². The molecule has 1 aromatic carbocycles. The minimum atomic E-state index is -3.88. The summed E-state index contributed by atoms with van der Waals surface area (Å²) in [5.74, 6) is 0.868. The van der Waals surface area contributed by atoms with Crippen molar-refractivity contribution in [1.29, 1.82) is 5.26 Å². The van der Waals surface area contributed by atoms with E-state index in [2.05, 4.69) is 33.2 Å². The second-order valence-corrected chi connectivity index (χ2v) is 11.6. The van der Waals surface area contributed by atoms with Gasteiger partial charge in [0.25, 0.3) is 10.0 Å². The predicted molar refractivity (Wildman–Crippen MR) is 138 cm³/mol. The SMILES string of the molecule is CC1CCc2nc(SCCC(=O)Nc3ccc(S(=O)(=O)Nc4ccc(Cl)nn4)cc3)c(C#N)cc2C1. The lowest BCUT2D eigenvalue weighted by Gasteiger charge is -2.21. The molecular weight excluding hydrogens is 520 g/mol. The number of fused-ring (bicyclic) bond motifs is 1. The van der Waals surface area contributed by atoms with Crippen molar-refractivity contribution in [2.45, 2.75) is 42.5 Å². The van der Waals surface area contributed by atoms with Crippen LogP contribution < -0.4 is 10.0 Å². The lowest BCUT2D eigenvalue weighted by Crippen LogP contribution is -2.15. The van der Waals surface area contributed by atoms with Crippen LogP contribution in [-0.4, -0.2) is 35.3 Å². The van der Waals surface area contributed by atoms with Gasteiger partial charge in [0.1, 0.15) is 11.1 Å². The van der Waals surface area contributed by atoms with Crippen molar-refractivity contribution in [2.75, 3.05) is 15.8 Å². The topological polar surface area (TPSA) is 138 Å². The quantitative estimate of drug-likeness (QED) is 0.398. The maximum absolute atomic E-state index is 12.5. The summed E-state index contributed by atoms with van der Waals surface area (Å²) in [6.45, 7) is 2.20. The monoisotopic (exact) mass is 542 g/mol. The van der Waals surface area contributed by atoms with Gasteiger partial charge in [-0.2, -0.15) is 5.26 Å². The number of amides is 1. The second kappa shape index (κ2) is 11.2. The summed E-state index contributed by atoms with van der Waals surface area (Å²) in [4.78, 5) is 17.1. The van der Waals surface area contributed by atoms with Gasteiger partial charge in [0.2, 0.25) is 5.91 Å². The first-order valence-corrected chi connectivity index (χ1v) is 14.1. The van der Waals surface area contributed by atoms with Crippen molar-refractivity contribution in [1.82, 2.24) is 15.2 Å². The van der Waals surface area contributed by atoms with Crippen LogP contribution >= 0.6 is 23.4 Å². The highest BCUT2D eigenvalue weighted by Gasteiger charge is 2.20. The Morgan fingerprint density at radius 2 is 2.00 bits per heavy atom. The average molecular weight is 543 g/mol. The summed E-state index contributed by atoms with van der Waals surface area (Å²) < 4.78 is 27.4. The number of benzene rings is 1. The van der Waals surface area contributed by atoms with Gasteiger partial charge >= 0.3 is 0 Å². The third kappa shape index (κ3) is 6.51. The van der Waals surface area contributed by atoms with E-state index in [0.717, 1.165) is 30.5 Å². The number of thioether (sulfide) groups is 1. The van der Waals surface area contributed by atoms with E-state index in [-0.39, 0.29) is 28.2 Å². The van der Waals surface area contributed by atoms with Gasteiger partial charge in [-0.25, -0.2) is 13.4 Å². The zero-order valence-corrected chi connectivity index (χ0v) is 21.8. The molecule has 12 heteroatoms. The van der Waals surface area contributed by atoms with Crippen LogP contribution in [0.1, 0.15) is 36.6 Å². The molecule has 4 rings (SSSR count). The maximum atomic E-state index is 12.5. The van der Waals surface area contributed by atoms with Gasteiger partial charge in [0, 0.05) is 23.6 Å². The van der Waals surface area contributed by atoms with Crippen LogP contribution in [0.3, 0.4) is 0 Å². The summed E-state index contributed by atoms with van der Waals surface area (Å²) in [5.41, 5.74) is 3.21. The fourth-order valence-corrected chi connectivity index (χ4v) is 5.78. The van der Waals surface area contributed by atoms with Gasteiger partial charge in [-0.05, 0) is 73.2 Å². The molecule has 186 valence electrons. The Kier molecular flexibility index (Phi) is 8.08. The maximum Gasteiger partial charge on any atom is 0.263 e. The Hall–Kier alpha value is -3.20. The van der Waals surface area contributed by atoms with Crippen LogP contribution in [0.25, 0.3) is 0 Å². The van der Waals surface area contributed by atoms with Gasteiger partial charge in [-0.1, -0.05) is 18.5 Å². The van der Waals surface area contributed by atoms with Gasteiger partial charge in [-0.15, -0.1) is 22.0 Å². The summed E-state index contributed by atoms with van der Waals surface area (Å²) in [6.07, 6.45) is 3.15. The number of sulfonamides is 1. The van der Waals surface area contributed by atoms with E-state index in [1.54, 1.807) is 0 Å². The Morgan fingerprint density at radius 1 is 1.22 bits per heavy atom. The summed E-state index contributed by atoms with van der Waals surface area (Å²) >= 11 is 7.05. The zero-order chi connectivity index (χ0) is 25.7. The number of carbonyl (C=O) groups is 1. The van der Waals surface area contributed by atoms with Crippen molar-refractivity contribution in [3.05, 3.63) is 64.4 Å². The molecule has 0 bridgehead atoms. The fourth-order valence-electron chi connectivity index (χ4n) is 3.77. The van der Waals surface area contributed by atoms with Crippen LogP contribution in [0.5, 0.6) is 0 Å². The van der Waals surface area contributed by atoms with Gasteiger partial charge < -0.3 is 5.32 Å². The molecule has 0 saturated carbocycles. The number of aromatic nitrogens is 3. The molecule has 1 atom stereocenters. The predicted octanol–water partition coefficient (Wildman–Crippen LogP) is 4.44. The highest BCUT2D eigenvalue weighted by atomic mass is 35.5. The largest absolute Gasteiger partial charge is 0.326 e. The van der Waals surface area contributed by atoms with Gasteiger partial charge in [0.05, 0.1) is 10.5 Å². The molecule has 1 aliphatic rings. The highest BCUT2D eigenvalue weighted by molar-refractivity contribution is 7.99. The molecule has 2 N–H and O–H groups in total. The molecule has 1 amide bonds. The smallest absolute Gasteiger partial charge is 0.263 e. The van der Waals surface area contributed by atoms with Crippen LogP contribution in [-0.2, 0) is 27.7 Å². The second-order valence-electron chi connectivity index (χ2n) is 8.42. The Balaban J connectivity index is 1.31. The lowest BCUT2D eigenvalue weighted by atomic mass is 9.87. The molecule has 0 radical (unpaired) electrons. The molecule has 0 saturated heterocycles. The van der Waals surface area contributed by atoms with Crippen LogP contribution in [0, 0.1) is 17.2 Å². The minimum absolute atomic E-state index is 0.00437. The normalized spacial score (nSPS) is 15.0. The fraction of sp³-hybridized carbons (Fsp3) is 0.292. The van der Waals surface area contributed by atoms with E-state index >= 15 is 0 Å². The number of carbonyl (C=O) groups excluding carboxylic acids is 1. The van der Waals surface area contributed by atoms with E-state index in [9.17, 15) is 18.5 Å². The number of hydrogen-bond donors (Lipinski definition) is 2. The molecule has 0 fully saturated rings. The Bertz CT molecular complexity index is 1410. The molecule has 1 aliphatic carbocycles. The highest BCUT2D eigenvalue weighted by Crippen LogP contribution is 2.29. The lowest BCUT2D eigenvalue weighted by molar-refractivity contribution is -0.115. The Morgan fingerprint density at radius 3 is 2.69 bits per heavy atom. The molecule has 1 unspecified atom stereocenters. The van der Waals surface area contributed by atoms with E-state index in [4.69, 9.17) is 16.6 Å². The van der Waals surface area contributed by atoms with Crippen LogP contribution in [0.4, 0.5) is 11.5 Å². The zero-order valence-electron chi connectivity index (χ0n) is 19.4. The van der Waals surface area contributed by atoms with Gasteiger partial charge in [-0.3, -0.25) is 9.52 Å². The number of aryl methyl sites for hydroxylation is 1. The molecular formula is C24H23ClN6O3S2. The molecule has 0 spiro atoms. The van der Waals surface area contributed by atoms with Crippen LogP contribution in [0.15, 0.2) is 52.4 Å². The number of halogens is 1. The number of nitrogens with one attached hydrogen (secondary N) is 2. The molecule has 9 nitrogen and oxygen atoms in total. The molecule has 2 heterocycles. The molecule has 36 heavy (non-hydrogen) atoms. The summed E-state index contributed by atoms with van der Waals surface area (Å²) in [7, 11) is -3.88. The van der Waals surface area contributed by atoms with Crippen molar-refractivity contribution in [2.24, 2.45) is 5.92 Å². The summed E-state index contributed by atoms with van der Waals surface area (Å²) in [6, 6.07) is 12.8. The number of nitrogens with zero attached hydrogens (tertiary/aromatic N) is 4. The Labute approximate surface area is 218 Å². The first kappa shape index (κ1) is 25.9. The third-order valence-electron chi connectivity index (χ3n) is 5.61. The first-order valence-electron chi connectivity index (χ1n) is 11.2. The first-order chi connectivity index (χ1) is 17.2. The van der Waals surface area contributed by atoms with Crippen molar-refractivity contribution >= 4 is 50.8 Å². The molecule has 0 aliphatic heterocycles. The van der Waals surface area contributed by atoms with Crippen molar-refractivity contribution in [3.63, 3.8) is 0 Å². The van der Waals surface area contributed by atoms with E-state index in [1.807, 2.05) is 6.07 Å². The third-order valence-corrected chi connectivity index (χ3v) is 8.17. The summed E-state index contributed by atoms with van der Waals surface area (Å²) in [5, 5.41) is 20.4. The number of anilines is 2.